The summed E-state index contributed by atoms with van der Waals surface area (Å²) in [4.78, 5) is 27.7. The molecule has 0 radical (unpaired) electrons. The molecule has 1 fully saturated rings. The van der Waals surface area contributed by atoms with Gasteiger partial charge in [0.1, 0.15) is 12.4 Å². The van der Waals surface area contributed by atoms with Crippen LogP contribution in [0.15, 0.2) is 77.7 Å². The second-order valence-electron chi connectivity index (χ2n) is 9.11. The van der Waals surface area contributed by atoms with E-state index in [0.29, 0.717) is 10.8 Å². The van der Waals surface area contributed by atoms with Crippen molar-refractivity contribution in [2.24, 2.45) is 0 Å². The van der Waals surface area contributed by atoms with Gasteiger partial charge in [-0.2, -0.15) is 0 Å². The number of amides is 2. The van der Waals surface area contributed by atoms with Crippen LogP contribution < -0.4 is 4.74 Å². The van der Waals surface area contributed by atoms with Crippen molar-refractivity contribution in [2.75, 3.05) is 13.2 Å². The first-order valence-corrected chi connectivity index (χ1v) is 12.6. The maximum absolute atomic E-state index is 13.2. The van der Waals surface area contributed by atoms with Crippen LogP contribution in [0.25, 0.3) is 27.6 Å². The number of rotatable bonds is 6. The van der Waals surface area contributed by atoms with Gasteiger partial charge in [-0.25, -0.2) is 0 Å². The molecule has 0 atom stereocenters. The molecule has 5 rings (SSSR count). The summed E-state index contributed by atoms with van der Waals surface area (Å²) in [6, 6.07) is 24.6. The number of benzene rings is 4. The Hall–Kier alpha value is -3.57. The second kappa shape index (κ2) is 9.59. The van der Waals surface area contributed by atoms with Crippen molar-refractivity contribution in [3.05, 3.63) is 94.4 Å². The number of fused-ring (bicyclic) bond motifs is 2. The van der Waals surface area contributed by atoms with E-state index in [1.807, 2.05) is 43.3 Å². The molecule has 1 heterocycles. The van der Waals surface area contributed by atoms with Gasteiger partial charge in [-0.05, 0) is 81.0 Å². The fourth-order valence-electron chi connectivity index (χ4n) is 4.52. The fraction of sp³-hybridized carbons (Fsp3) is 0.200. The summed E-state index contributed by atoms with van der Waals surface area (Å²) in [5, 5.41) is 4.06. The van der Waals surface area contributed by atoms with Gasteiger partial charge >= 0.3 is 0 Å². The van der Waals surface area contributed by atoms with Crippen LogP contribution in [0.4, 0.5) is 4.79 Å². The van der Waals surface area contributed by atoms with E-state index in [-0.39, 0.29) is 24.3 Å². The third-order valence-corrected chi connectivity index (χ3v) is 7.23. The topological polar surface area (TPSA) is 46.6 Å². The molecule has 176 valence electrons. The van der Waals surface area contributed by atoms with E-state index in [9.17, 15) is 9.59 Å². The van der Waals surface area contributed by atoms with Crippen LogP contribution in [0.1, 0.15) is 36.5 Å². The molecule has 0 saturated carbocycles. The minimum absolute atomic E-state index is 0.212. The Labute approximate surface area is 209 Å². The molecule has 0 unspecified atom stereocenters. The standard InChI is InChI=1S/C30H27NO3S/c1-19(2)23-13-12-20(3)16-27(23)34-15-14-31-29(32)28(35-30(31)33)18-26-24-10-6-4-8-21(24)17-22-9-5-7-11-25(22)26/h4-13,16-19H,14-15H2,1-3H3/b28-18-. The highest BCUT2D eigenvalue weighted by Gasteiger charge is 2.35. The molecule has 1 aliphatic rings. The summed E-state index contributed by atoms with van der Waals surface area (Å²) in [5.41, 5.74) is 3.19. The number of ether oxygens (including phenoxy) is 1. The summed E-state index contributed by atoms with van der Waals surface area (Å²) in [6.07, 6.45) is 1.87. The van der Waals surface area contributed by atoms with Crippen LogP contribution in [0.5, 0.6) is 5.75 Å². The lowest BCUT2D eigenvalue weighted by atomic mass is 9.96. The number of carbonyl (C=O) groups excluding carboxylic acids is 2. The minimum atomic E-state index is -0.269. The maximum Gasteiger partial charge on any atom is 0.293 e. The largest absolute Gasteiger partial charge is 0.491 e. The van der Waals surface area contributed by atoms with Crippen molar-refractivity contribution in [1.29, 1.82) is 0 Å². The monoisotopic (exact) mass is 481 g/mol. The Morgan fingerprint density at radius 3 is 2.23 bits per heavy atom. The average molecular weight is 482 g/mol. The Kier molecular flexibility index (Phi) is 6.35. The van der Waals surface area contributed by atoms with Gasteiger partial charge in [0.05, 0.1) is 11.4 Å². The van der Waals surface area contributed by atoms with Crippen molar-refractivity contribution < 1.29 is 14.3 Å². The average Bonchev–Trinajstić information content (AvgIpc) is 3.11. The first kappa shape index (κ1) is 23.2. The molecule has 0 spiro atoms. The quantitative estimate of drug-likeness (QED) is 0.211. The molecule has 5 heteroatoms. The molecule has 2 amide bonds. The van der Waals surface area contributed by atoms with Crippen LogP contribution in [0.3, 0.4) is 0 Å². The first-order valence-electron chi connectivity index (χ1n) is 11.8. The fourth-order valence-corrected chi connectivity index (χ4v) is 5.37. The number of imide groups is 1. The van der Waals surface area contributed by atoms with E-state index in [0.717, 1.165) is 55.7 Å². The summed E-state index contributed by atoms with van der Waals surface area (Å²) in [7, 11) is 0. The van der Waals surface area contributed by atoms with Gasteiger partial charge in [0, 0.05) is 0 Å². The molecule has 4 aromatic carbocycles. The second-order valence-corrected chi connectivity index (χ2v) is 10.1. The van der Waals surface area contributed by atoms with Gasteiger partial charge < -0.3 is 4.74 Å². The molecule has 1 aliphatic heterocycles. The van der Waals surface area contributed by atoms with Crippen LogP contribution in [-0.2, 0) is 4.79 Å². The molecular formula is C30H27NO3S. The maximum atomic E-state index is 13.2. The van der Waals surface area contributed by atoms with Gasteiger partial charge in [-0.15, -0.1) is 0 Å². The molecule has 0 aliphatic carbocycles. The molecule has 1 saturated heterocycles. The van der Waals surface area contributed by atoms with Crippen LogP contribution in [-0.4, -0.2) is 29.2 Å². The zero-order chi connectivity index (χ0) is 24.5. The third-order valence-electron chi connectivity index (χ3n) is 6.33. The van der Waals surface area contributed by atoms with Crippen molar-refractivity contribution in [3.8, 4) is 5.75 Å². The van der Waals surface area contributed by atoms with Crippen LogP contribution >= 0.6 is 11.8 Å². The van der Waals surface area contributed by atoms with Crippen LogP contribution in [0, 0.1) is 6.92 Å². The van der Waals surface area contributed by atoms with Gasteiger partial charge in [0.25, 0.3) is 11.1 Å². The number of carbonyl (C=O) groups is 2. The smallest absolute Gasteiger partial charge is 0.293 e. The van der Waals surface area contributed by atoms with Gasteiger partial charge in [-0.1, -0.05) is 74.5 Å². The number of aryl methyl sites for hydroxylation is 1. The molecule has 35 heavy (non-hydrogen) atoms. The van der Waals surface area contributed by atoms with E-state index in [4.69, 9.17) is 4.74 Å². The Bertz CT molecular complexity index is 1430. The molecule has 4 nitrogen and oxygen atoms in total. The van der Waals surface area contributed by atoms with E-state index >= 15 is 0 Å². The lowest BCUT2D eigenvalue weighted by molar-refractivity contribution is -0.123. The number of hydrogen-bond donors (Lipinski definition) is 0. The molecule has 0 aromatic heterocycles. The number of nitrogens with zero attached hydrogens (tertiary/aromatic N) is 1. The minimum Gasteiger partial charge on any atom is -0.491 e. The van der Waals surface area contributed by atoms with Crippen molar-refractivity contribution >= 4 is 50.5 Å². The number of hydrogen-bond acceptors (Lipinski definition) is 4. The van der Waals surface area contributed by atoms with Crippen molar-refractivity contribution in [1.82, 2.24) is 4.90 Å². The molecule has 4 aromatic rings. The molecular weight excluding hydrogens is 454 g/mol. The summed E-state index contributed by atoms with van der Waals surface area (Å²) >= 11 is 0.993. The van der Waals surface area contributed by atoms with Crippen molar-refractivity contribution in [3.63, 3.8) is 0 Å². The summed E-state index contributed by atoms with van der Waals surface area (Å²) in [6.45, 7) is 6.73. The zero-order valence-electron chi connectivity index (χ0n) is 20.1. The highest BCUT2D eigenvalue weighted by molar-refractivity contribution is 8.18. The van der Waals surface area contributed by atoms with Gasteiger partial charge in [0.15, 0.2) is 0 Å². The lowest BCUT2D eigenvalue weighted by Gasteiger charge is -2.17. The highest BCUT2D eigenvalue weighted by Crippen LogP contribution is 2.36. The van der Waals surface area contributed by atoms with E-state index in [2.05, 4.69) is 56.3 Å². The lowest BCUT2D eigenvalue weighted by Crippen LogP contribution is -2.32. The highest BCUT2D eigenvalue weighted by atomic mass is 32.2. The summed E-state index contributed by atoms with van der Waals surface area (Å²) in [5.74, 6) is 0.861. The molecule has 0 N–H and O–H groups in total. The first-order chi connectivity index (χ1) is 16.9. The SMILES string of the molecule is Cc1ccc(C(C)C)c(OCCN2C(=O)S/C(=C\c3c4ccccc4cc4ccccc34)C2=O)c1. The van der Waals surface area contributed by atoms with E-state index in [1.165, 1.54) is 4.90 Å². The van der Waals surface area contributed by atoms with Gasteiger partial charge in [0.2, 0.25) is 0 Å². The van der Waals surface area contributed by atoms with Crippen molar-refractivity contribution in [2.45, 2.75) is 26.7 Å². The van der Waals surface area contributed by atoms with E-state index in [1.54, 1.807) is 0 Å². The van der Waals surface area contributed by atoms with E-state index < -0.39 is 0 Å². The summed E-state index contributed by atoms with van der Waals surface area (Å²) < 4.78 is 6.03. The third kappa shape index (κ3) is 4.56. The Morgan fingerprint density at radius 1 is 0.914 bits per heavy atom. The zero-order valence-corrected chi connectivity index (χ0v) is 20.9. The van der Waals surface area contributed by atoms with Gasteiger partial charge in [-0.3, -0.25) is 14.5 Å². The Morgan fingerprint density at radius 2 is 1.57 bits per heavy atom. The van der Waals surface area contributed by atoms with Crippen LogP contribution in [0.2, 0.25) is 0 Å². The Balaban J connectivity index is 1.40. The predicted molar refractivity (Wildman–Crippen MR) is 145 cm³/mol. The predicted octanol–water partition coefficient (Wildman–Crippen LogP) is 7.54. The molecule has 0 bridgehead atoms. The number of thioether (sulfide) groups is 1. The normalized spacial score (nSPS) is 15.2.